The van der Waals surface area contributed by atoms with E-state index in [1.807, 2.05) is 24.3 Å². The number of rotatable bonds is 5. The Labute approximate surface area is 189 Å². The molecule has 8 heteroatoms. The molecule has 2 aliphatic rings. The fraction of sp³-hybridized carbons (Fsp3) is 0.409. The van der Waals surface area contributed by atoms with Gasteiger partial charge in [-0.25, -0.2) is 0 Å². The average Bonchev–Trinajstić information content (AvgIpc) is 3.33. The fourth-order valence-electron chi connectivity index (χ4n) is 4.67. The number of carbonyl (C=O) groups is 2. The van der Waals surface area contributed by atoms with E-state index >= 15 is 0 Å². The van der Waals surface area contributed by atoms with E-state index in [1.54, 1.807) is 36.5 Å². The van der Waals surface area contributed by atoms with Crippen molar-refractivity contribution >= 4 is 42.3 Å². The molecule has 2 amide bonds. The number of fused-ring (bicyclic) bond motifs is 2. The van der Waals surface area contributed by atoms with E-state index in [-0.39, 0.29) is 48.6 Å². The van der Waals surface area contributed by atoms with Crippen LogP contribution < -0.4 is 16.0 Å². The van der Waals surface area contributed by atoms with Crippen LogP contribution in [0.4, 0.5) is 5.69 Å². The second-order valence-corrected chi connectivity index (χ2v) is 7.92. The zero-order chi connectivity index (χ0) is 19.7. The predicted molar refractivity (Wildman–Crippen MR) is 122 cm³/mol. The lowest BCUT2D eigenvalue weighted by molar-refractivity contribution is -0.127. The number of amides is 2. The first-order valence-corrected chi connectivity index (χ1v) is 9.85. The quantitative estimate of drug-likeness (QED) is 0.731. The number of aromatic nitrogens is 1. The summed E-state index contributed by atoms with van der Waals surface area (Å²) in [5.74, 6) is 0.924. The lowest BCUT2D eigenvalue weighted by Crippen LogP contribution is -2.45. The Morgan fingerprint density at radius 2 is 1.70 bits per heavy atom. The number of pyridine rings is 1. The molecule has 1 aromatic heterocycles. The first kappa shape index (κ1) is 24.1. The normalized spacial score (nSPS) is 23.8. The Kier molecular flexibility index (Phi) is 8.24. The van der Waals surface area contributed by atoms with Crippen LogP contribution in [0.1, 0.15) is 35.2 Å². The summed E-state index contributed by atoms with van der Waals surface area (Å²) in [7, 11) is 1.75. The molecule has 162 valence electrons. The molecule has 0 radical (unpaired) electrons. The molecule has 1 heterocycles. The second-order valence-electron chi connectivity index (χ2n) is 7.92. The van der Waals surface area contributed by atoms with Crippen molar-refractivity contribution in [3.05, 3.63) is 59.9 Å². The van der Waals surface area contributed by atoms with Crippen LogP contribution in [-0.2, 0) is 11.3 Å². The van der Waals surface area contributed by atoms with Crippen LogP contribution in [0.2, 0.25) is 0 Å². The summed E-state index contributed by atoms with van der Waals surface area (Å²) in [5, 5.41) is 3.05. The lowest BCUT2D eigenvalue weighted by Gasteiger charge is -2.27. The van der Waals surface area contributed by atoms with Crippen molar-refractivity contribution in [2.75, 3.05) is 11.9 Å². The van der Waals surface area contributed by atoms with Gasteiger partial charge >= 0.3 is 0 Å². The maximum Gasteiger partial charge on any atom is 0.258 e. The first-order valence-electron chi connectivity index (χ1n) is 9.85. The van der Waals surface area contributed by atoms with Gasteiger partial charge in [0.1, 0.15) is 0 Å². The molecule has 2 fully saturated rings. The Balaban J connectivity index is 0.00000160. The Hall–Kier alpha value is -2.15. The van der Waals surface area contributed by atoms with Crippen LogP contribution >= 0.6 is 24.8 Å². The molecule has 4 unspecified atom stereocenters. The van der Waals surface area contributed by atoms with Crippen LogP contribution in [0, 0.1) is 17.8 Å². The molecule has 4 rings (SSSR count). The van der Waals surface area contributed by atoms with Crippen molar-refractivity contribution in [3.8, 4) is 0 Å². The minimum atomic E-state index is -0.0891. The zero-order valence-corrected chi connectivity index (χ0v) is 18.5. The molecule has 2 bridgehead atoms. The van der Waals surface area contributed by atoms with Crippen LogP contribution in [-0.4, -0.2) is 29.9 Å². The third kappa shape index (κ3) is 4.77. The highest BCUT2D eigenvalue weighted by atomic mass is 35.5. The molecule has 6 nitrogen and oxygen atoms in total. The summed E-state index contributed by atoms with van der Waals surface area (Å²) < 4.78 is 0. The molecule has 3 N–H and O–H groups in total. The van der Waals surface area contributed by atoms with E-state index < -0.39 is 0 Å². The van der Waals surface area contributed by atoms with Crippen LogP contribution in [0.5, 0.6) is 0 Å². The van der Waals surface area contributed by atoms with E-state index in [0.29, 0.717) is 23.9 Å². The Morgan fingerprint density at radius 1 is 1.07 bits per heavy atom. The zero-order valence-electron chi connectivity index (χ0n) is 16.9. The topological polar surface area (TPSA) is 88.3 Å². The summed E-state index contributed by atoms with van der Waals surface area (Å²) in [6.07, 6.45) is 6.61. The largest absolute Gasteiger partial charge is 0.352 e. The van der Waals surface area contributed by atoms with Crippen molar-refractivity contribution in [2.45, 2.75) is 31.8 Å². The third-order valence-electron chi connectivity index (χ3n) is 6.31. The molecule has 1 aromatic carbocycles. The van der Waals surface area contributed by atoms with Crippen molar-refractivity contribution in [3.63, 3.8) is 0 Å². The van der Waals surface area contributed by atoms with Gasteiger partial charge in [0, 0.05) is 43.3 Å². The summed E-state index contributed by atoms with van der Waals surface area (Å²) in [4.78, 5) is 30.6. The molecule has 0 spiro atoms. The SMILES string of the molecule is CN(C(=O)c1ccncc1)c1ccc(CNC(=O)C2C3CCC(C3)C2N)cc1.Cl.Cl. The summed E-state index contributed by atoms with van der Waals surface area (Å²) in [6, 6.07) is 11.1. The molecule has 4 atom stereocenters. The highest BCUT2D eigenvalue weighted by Gasteiger charge is 2.48. The molecule has 0 aliphatic heterocycles. The Bertz CT molecular complexity index is 861. The van der Waals surface area contributed by atoms with Gasteiger partial charge in [0.2, 0.25) is 5.91 Å². The highest BCUT2D eigenvalue weighted by molar-refractivity contribution is 6.05. The molecular weight excluding hydrogens is 423 g/mol. The van der Waals surface area contributed by atoms with E-state index in [9.17, 15) is 9.59 Å². The highest BCUT2D eigenvalue weighted by Crippen LogP contribution is 2.47. The third-order valence-corrected chi connectivity index (χ3v) is 6.31. The number of nitrogens with one attached hydrogen (secondary N) is 1. The molecule has 30 heavy (non-hydrogen) atoms. The van der Waals surface area contributed by atoms with Gasteiger partial charge in [0.25, 0.3) is 5.91 Å². The summed E-state index contributed by atoms with van der Waals surface area (Å²) in [5.41, 5.74) is 8.65. The number of nitrogens with zero attached hydrogens (tertiary/aromatic N) is 2. The van der Waals surface area contributed by atoms with Crippen LogP contribution in [0.25, 0.3) is 0 Å². The number of hydrogen-bond donors (Lipinski definition) is 2. The van der Waals surface area contributed by atoms with Crippen molar-refractivity contribution in [1.82, 2.24) is 10.3 Å². The number of anilines is 1. The molecule has 2 aliphatic carbocycles. The average molecular weight is 451 g/mol. The van der Waals surface area contributed by atoms with Crippen molar-refractivity contribution in [2.24, 2.45) is 23.5 Å². The van der Waals surface area contributed by atoms with Gasteiger partial charge in [0.05, 0.1) is 5.92 Å². The van der Waals surface area contributed by atoms with Gasteiger partial charge in [0.15, 0.2) is 0 Å². The smallest absolute Gasteiger partial charge is 0.258 e. The van der Waals surface area contributed by atoms with Gasteiger partial charge < -0.3 is 16.0 Å². The van der Waals surface area contributed by atoms with E-state index in [4.69, 9.17) is 5.73 Å². The number of nitrogens with two attached hydrogens (primary N) is 1. The maximum absolute atomic E-state index is 12.6. The van der Waals surface area contributed by atoms with E-state index in [0.717, 1.165) is 24.1 Å². The van der Waals surface area contributed by atoms with Gasteiger partial charge in [-0.3, -0.25) is 14.6 Å². The molecule has 2 saturated carbocycles. The van der Waals surface area contributed by atoms with E-state index in [1.165, 1.54) is 6.42 Å². The van der Waals surface area contributed by atoms with Gasteiger partial charge in [-0.1, -0.05) is 12.1 Å². The number of carbonyl (C=O) groups excluding carboxylic acids is 2. The standard InChI is InChI=1S/C22H26N4O2.2ClH/c1-26(22(28)15-8-10-24-11-9-15)18-6-2-14(3-7-18)13-25-21(27)19-16-4-5-17(12-16)20(19)23;;/h2-3,6-11,16-17,19-20H,4-5,12-13,23H2,1H3,(H,25,27);2*1H. The summed E-state index contributed by atoms with van der Waals surface area (Å²) in [6.45, 7) is 0.474. The second kappa shape index (κ2) is 10.2. The number of hydrogen-bond acceptors (Lipinski definition) is 4. The fourth-order valence-corrected chi connectivity index (χ4v) is 4.67. The first-order chi connectivity index (χ1) is 13.5. The number of benzene rings is 1. The number of halogens is 2. The molecular formula is C22H28Cl2N4O2. The van der Waals surface area contributed by atoms with Crippen molar-refractivity contribution < 1.29 is 9.59 Å². The molecule has 0 saturated heterocycles. The van der Waals surface area contributed by atoms with Gasteiger partial charge in [-0.05, 0) is 60.9 Å². The van der Waals surface area contributed by atoms with Gasteiger partial charge in [-0.2, -0.15) is 0 Å². The van der Waals surface area contributed by atoms with Crippen LogP contribution in [0.15, 0.2) is 48.8 Å². The van der Waals surface area contributed by atoms with Gasteiger partial charge in [-0.15, -0.1) is 24.8 Å². The van der Waals surface area contributed by atoms with E-state index in [2.05, 4.69) is 10.3 Å². The monoisotopic (exact) mass is 450 g/mol. The molecule has 2 aromatic rings. The Morgan fingerprint density at radius 3 is 2.30 bits per heavy atom. The van der Waals surface area contributed by atoms with Crippen molar-refractivity contribution in [1.29, 1.82) is 0 Å². The summed E-state index contributed by atoms with van der Waals surface area (Å²) >= 11 is 0. The lowest BCUT2D eigenvalue weighted by atomic mass is 9.84. The predicted octanol–water partition coefficient (Wildman–Crippen LogP) is 3.19. The van der Waals surface area contributed by atoms with Crippen LogP contribution in [0.3, 0.4) is 0 Å². The maximum atomic E-state index is 12.6. The minimum absolute atomic E-state index is 0. The minimum Gasteiger partial charge on any atom is -0.352 e.